The molecule has 2 spiro atoms. The van der Waals surface area contributed by atoms with E-state index in [9.17, 15) is 10.2 Å². The second-order valence-corrected chi connectivity index (χ2v) is 10.3. The van der Waals surface area contributed by atoms with Crippen LogP contribution in [0, 0.1) is 0 Å². The number of ether oxygens (including phenoxy) is 6. The summed E-state index contributed by atoms with van der Waals surface area (Å²) in [5, 5.41) is 22.8. The number of benzene rings is 4. The maximum Gasteiger partial charge on any atom is 0.230 e. The Morgan fingerprint density at radius 1 is 0.500 bits per heavy atom. The molecular formula is C32H26O8. The molecule has 4 aromatic rings. The normalized spacial score (nSPS) is 24.2. The summed E-state index contributed by atoms with van der Waals surface area (Å²) in [6.45, 7) is 0.109. The molecule has 0 aliphatic carbocycles. The van der Waals surface area contributed by atoms with E-state index >= 15 is 0 Å². The summed E-state index contributed by atoms with van der Waals surface area (Å²) < 4.78 is 37.8. The van der Waals surface area contributed by atoms with Crippen LogP contribution in [-0.4, -0.2) is 47.8 Å². The Balaban J connectivity index is 1.09. The molecule has 40 heavy (non-hydrogen) atoms. The van der Waals surface area contributed by atoms with E-state index in [1.54, 1.807) is 0 Å². The Morgan fingerprint density at radius 2 is 0.800 bits per heavy atom. The molecule has 4 aliphatic rings. The molecule has 8 heteroatoms. The average molecular weight is 539 g/mol. The largest absolute Gasteiger partial charge is 0.456 e. The molecule has 8 nitrogen and oxygen atoms in total. The van der Waals surface area contributed by atoms with Crippen LogP contribution in [0.5, 0.6) is 23.0 Å². The van der Waals surface area contributed by atoms with Crippen LogP contribution in [0.4, 0.5) is 0 Å². The third kappa shape index (κ3) is 3.35. The maximum atomic E-state index is 11.4. The van der Waals surface area contributed by atoms with Crippen molar-refractivity contribution in [3.8, 4) is 23.0 Å². The van der Waals surface area contributed by atoms with Gasteiger partial charge in [-0.2, -0.15) is 0 Å². The van der Waals surface area contributed by atoms with Gasteiger partial charge in [-0.05, 0) is 48.5 Å². The zero-order valence-electron chi connectivity index (χ0n) is 21.3. The highest BCUT2D eigenvalue weighted by Crippen LogP contribution is 2.54. The van der Waals surface area contributed by atoms with Gasteiger partial charge >= 0.3 is 0 Å². The predicted octanol–water partition coefficient (Wildman–Crippen LogP) is 4.55. The summed E-state index contributed by atoms with van der Waals surface area (Å²) in [6.07, 6.45) is -4.33. The highest BCUT2D eigenvalue weighted by molar-refractivity contribution is 5.56. The summed E-state index contributed by atoms with van der Waals surface area (Å²) >= 11 is 0. The lowest BCUT2D eigenvalue weighted by molar-refractivity contribution is -0.190. The molecule has 8 rings (SSSR count). The van der Waals surface area contributed by atoms with Crippen LogP contribution in [0.25, 0.3) is 0 Å². The van der Waals surface area contributed by atoms with Gasteiger partial charge in [0.15, 0.2) is 0 Å². The third-order valence-corrected chi connectivity index (χ3v) is 8.05. The third-order valence-electron chi connectivity index (χ3n) is 8.05. The molecule has 0 radical (unpaired) electrons. The Bertz CT molecular complexity index is 1390. The molecule has 2 fully saturated rings. The van der Waals surface area contributed by atoms with Crippen LogP contribution in [0.15, 0.2) is 97.1 Å². The Kier molecular flexibility index (Phi) is 5.34. The standard InChI is InChI=1S/C32H26O8/c33-29(27-17-35-31(39-27)19-9-1-5-13-23(19)37-24-14-6-2-10-20(24)31)30(34)28-18-36-32(40-28)21-11-3-7-15-25(21)38-26-16-8-4-12-22(26)32/h1-16,27-30,33-34H,17-18H2/t27-,28-,29-,30-/m1/s1. The molecule has 4 atom stereocenters. The summed E-state index contributed by atoms with van der Waals surface area (Å²) in [5.74, 6) is -0.0920. The van der Waals surface area contributed by atoms with Crippen LogP contribution in [0.1, 0.15) is 22.3 Å². The number of aliphatic hydroxyl groups is 2. The van der Waals surface area contributed by atoms with Gasteiger partial charge in [0.1, 0.15) is 47.4 Å². The van der Waals surface area contributed by atoms with Gasteiger partial charge in [0, 0.05) is 0 Å². The SMILES string of the molecule is O[C@@H]([C@H](O)[C@H]1COC2(O1)c1ccccc1Oc1ccccc12)[C@H]1COC2(O1)c1ccccc1Oc1ccccc12. The van der Waals surface area contributed by atoms with E-state index in [0.717, 1.165) is 0 Å². The Morgan fingerprint density at radius 3 is 1.12 bits per heavy atom. The first-order valence-electron chi connectivity index (χ1n) is 13.3. The van der Waals surface area contributed by atoms with E-state index < -0.39 is 36.0 Å². The molecule has 4 aromatic carbocycles. The maximum absolute atomic E-state index is 11.4. The number of hydrogen-bond donors (Lipinski definition) is 2. The summed E-state index contributed by atoms with van der Waals surface area (Å²) in [4.78, 5) is 0. The van der Waals surface area contributed by atoms with E-state index in [1.165, 1.54) is 0 Å². The van der Waals surface area contributed by atoms with Crippen LogP contribution < -0.4 is 9.47 Å². The molecule has 2 saturated heterocycles. The predicted molar refractivity (Wildman–Crippen MR) is 141 cm³/mol. The van der Waals surface area contributed by atoms with Gasteiger partial charge in [-0.25, -0.2) is 0 Å². The zero-order chi connectivity index (χ0) is 26.9. The van der Waals surface area contributed by atoms with Crippen molar-refractivity contribution in [3.05, 3.63) is 119 Å². The summed E-state index contributed by atoms with van der Waals surface area (Å²) in [6, 6.07) is 30.0. The van der Waals surface area contributed by atoms with Gasteiger partial charge in [-0.3, -0.25) is 0 Å². The van der Waals surface area contributed by atoms with Crippen LogP contribution in [0.3, 0.4) is 0 Å². The zero-order valence-corrected chi connectivity index (χ0v) is 21.3. The second kappa shape index (κ2) is 8.87. The van der Waals surface area contributed by atoms with Crippen molar-refractivity contribution in [1.29, 1.82) is 0 Å². The molecule has 0 unspecified atom stereocenters. The minimum atomic E-state index is -1.32. The van der Waals surface area contributed by atoms with Crippen LogP contribution >= 0.6 is 0 Å². The topological polar surface area (TPSA) is 95.8 Å². The fourth-order valence-electron chi connectivity index (χ4n) is 6.14. The van der Waals surface area contributed by atoms with Crippen LogP contribution in [-0.2, 0) is 30.5 Å². The van der Waals surface area contributed by atoms with Crippen molar-refractivity contribution in [3.63, 3.8) is 0 Å². The molecule has 202 valence electrons. The van der Waals surface area contributed by atoms with Gasteiger partial charge in [-0.1, -0.05) is 48.5 Å². The lowest BCUT2D eigenvalue weighted by Gasteiger charge is -2.37. The van der Waals surface area contributed by atoms with Gasteiger partial charge in [0.05, 0.1) is 35.5 Å². The lowest BCUT2D eigenvalue weighted by atomic mass is 9.93. The minimum absolute atomic E-state index is 0.0547. The van der Waals surface area contributed by atoms with E-state index in [-0.39, 0.29) is 13.2 Å². The number of fused-ring (bicyclic) bond motifs is 8. The Labute approximate surface area is 230 Å². The van der Waals surface area contributed by atoms with E-state index in [4.69, 9.17) is 28.4 Å². The van der Waals surface area contributed by atoms with Crippen molar-refractivity contribution < 1.29 is 38.6 Å². The van der Waals surface area contributed by atoms with Crippen molar-refractivity contribution in [2.24, 2.45) is 0 Å². The molecule has 0 bridgehead atoms. The van der Waals surface area contributed by atoms with Crippen LogP contribution in [0.2, 0.25) is 0 Å². The second-order valence-electron chi connectivity index (χ2n) is 10.3. The molecule has 4 heterocycles. The average Bonchev–Trinajstić information content (AvgIpc) is 3.64. The first-order valence-corrected chi connectivity index (χ1v) is 13.3. The first-order chi connectivity index (χ1) is 19.6. The van der Waals surface area contributed by atoms with Gasteiger partial charge in [0.25, 0.3) is 0 Å². The van der Waals surface area contributed by atoms with E-state index in [0.29, 0.717) is 45.3 Å². The molecule has 4 aliphatic heterocycles. The molecule has 2 N–H and O–H groups in total. The smallest absolute Gasteiger partial charge is 0.230 e. The fraction of sp³-hybridized carbons (Fsp3) is 0.250. The quantitative estimate of drug-likeness (QED) is 0.392. The van der Waals surface area contributed by atoms with Gasteiger partial charge in [0.2, 0.25) is 11.6 Å². The van der Waals surface area contributed by atoms with Gasteiger partial charge in [-0.15, -0.1) is 0 Å². The minimum Gasteiger partial charge on any atom is -0.456 e. The number of aliphatic hydroxyl groups excluding tert-OH is 2. The van der Waals surface area contributed by atoms with Crippen molar-refractivity contribution >= 4 is 0 Å². The highest BCUT2D eigenvalue weighted by Gasteiger charge is 2.56. The van der Waals surface area contributed by atoms with E-state index in [2.05, 4.69) is 0 Å². The van der Waals surface area contributed by atoms with Crippen molar-refractivity contribution in [1.82, 2.24) is 0 Å². The number of rotatable bonds is 3. The first kappa shape index (κ1) is 24.1. The monoisotopic (exact) mass is 538 g/mol. The molecular weight excluding hydrogens is 512 g/mol. The lowest BCUT2D eigenvalue weighted by Crippen LogP contribution is -2.47. The molecule has 0 amide bonds. The summed E-state index contributed by atoms with van der Waals surface area (Å²) in [7, 11) is 0. The number of para-hydroxylation sites is 4. The molecule has 0 aromatic heterocycles. The highest BCUT2D eigenvalue weighted by atomic mass is 16.8. The van der Waals surface area contributed by atoms with Gasteiger partial charge < -0.3 is 38.6 Å². The van der Waals surface area contributed by atoms with Crippen molar-refractivity contribution in [2.75, 3.05) is 13.2 Å². The Hall–Kier alpha value is -3.76. The fourth-order valence-corrected chi connectivity index (χ4v) is 6.14. The summed E-state index contributed by atoms with van der Waals surface area (Å²) in [5.41, 5.74) is 2.81. The molecule has 0 saturated carbocycles. The van der Waals surface area contributed by atoms with E-state index in [1.807, 2.05) is 97.1 Å². The van der Waals surface area contributed by atoms with Crippen molar-refractivity contribution in [2.45, 2.75) is 36.0 Å². The number of hydrogen-bond acceptors (Lipinski definition) is 8.